The summed E-state index contributed by atoms with van der Waals surface area (Å²) in [6.07, 6.45) is 3.66. The predicted octanol–water partition coefficient (Wildman–Crippen LogP) is -1.76. The number of carboxylic acid groups (broad SMARTS) is 1. The Kier molecular flexibility index (Phi) is 2.68. The highest BCUT2D eigenvalue weighted by atomic mass is 16.4. The number of carbonyl (C=O) groups is 1. The molecular formula is C7H13NO2. The van der Waals surface area contributed by atoms with E-state index in [0.29, 0.717) is 6.04 Å². The van der Waals surface area contributed by atoms with Crippen LogP contribution in [0.25, 0.3) is 0 Å². The molecule has 10 heavy (non-hydrogen) atoms. The van der Waals surface area contributed by atoms with E-state index in [1.54, 1.807) is 0 Å². The van der Waals surface area contributed by atoms with E-state index >= 15 is 0 Å². The van der Waals surface area contributed by atoms with Gasteiger partial charge in [-0.15, -0.1) is 0 Å². The molecule has 3 heteroatoms. The van der Waals surface area contributed by atoms with Gasteiger partial charge in [0, 0.05) is 12.4 Å². The third-order valence-corrected chi connectivity index (χ3v) is 1.96. The fourth-order valence-electron chi connectivity index (χ4n) is 1.42. The van der Waals surface area contributed by atoms with E-state index in [2.05, 4.69) is 5.32 Å². The van der Waals surface area contributed by atoms with Gasteiger partial charge in [-0.1, -0.05) is 0 Å². The largest absolute Gasteiger partial charge is 0.550 e. The Morgan fingerprint density at radius 2 is 2.40 bits per heavy atom. The van der Waals surface area contributed by atoms with Gasteiger partial charge in [-0.3, -0.25) is 0 Å². The molecule has 0 saturated carbocycles. The quantitative estimate of drug-likeness (QED) is 0.498. The Labute approximate surface area is 60.4 Å². The van der Waals surface area contributed by atoms with Gasteiger partial charge in [0.2, 0.25) is 0 Å². The van der Waals surface area contributed by atoms with Gasteiger partial charge in [-0.2, -0.15) is 0 Å². The summed E-state index contributed by atoms with van der Waals surface area (Å²) < 4.78 is 0. The molecule has 0 aromatic carbocycles. The molecule has 58 valence electrons. The minimum atomic E-state index is -0.914. The summed E-state index contributed by atoms with van der Waals surface area (Å²) >= 11 is 0. The lowest BCUT2D eigenvalue weighted by molar-refractivity contribution is -0.697. The zero-order chi connectivity index (χ0) is 7.40. The maximum atomic E-state index is 10.1. The van der Waals surface area contributed by atoms with Crippen LogP contribution in [0.1, 0.15) is 25.7 Å². The molecule has 1 rings (SSSR count). The summed E-state index contributed by atoms with van der Waals surface area (Å²) in [6.45, 7) is 1.08. The molecule has 1 atom stereocenters. The minimum Gasteiger partial charge on any atom is -0.550 e. The van der Waals surface area contributed by atoms with Gasteiger partial charge in [-0.25, -0.2) is 0 Å². The lowest BCUT2D eigenvalue weighted by atomic mass is 10.0. The van der Waals surface area contributed by atoms with E-state index in [1.807, 2.05) is 0 Å². The van der Waals surface area contributed by atoms with Gasteiger partial charge in [0.25, 0.3) is 0 Å². The number of rotatable bonds is 2. The summed E-state index contributed by atoms with van der Waals surface area (Å²) in [5.74, 6) is -0.914. The maximum absolute atomic E-state index is 10.1. The standard InChI is InChI=1S/C7H13NO2/c9-7(10)5-6-3-1-2-4-8-6/h6,8H,1-5H2,(H,9,10)/t6-/m0/s1. The van der Waals surface area contributed by atoms with E-state index in [4.69, 9.17) is 0 Å². The van der Waals surface area contributed by atoms with Crippen LogP contribution in [-0.4, -0.2) is 18.6 Å². The summed E-state index contributed by atoms with van der Waals surface area (Å²) in [4.78, 5) is 10.1. The first-order chi connectivity index (χ1) is 4.79. The monoisotopic (exact) mass is 143 g/mol. The topological polar surface area (TPSA) is 56.7 Å². The van der Waals surface area contributed by atoms with Gasteiger partial charge in [0.15, 0.2) is 0 Å². The molecule has 2 N–H and O–H groups in total. The third-order valence-electron chi connectivity index (χ3n) is 1.96. The molecule has 1 aliphatic heterocycles. The number of piperidine rings is 1. The van der Waals surface area contributed by atoms with E-state index in [1.165, 1.54) is 12.8 Å². The normalized spacial score (nSPS) is 26.2. The second kappa shape index (κ2) is 3.56. The van der Waals surface area contributed by atoms with E-state index in [-0.39, 0.29) is 6.42 Å². The van der Waals surface area contributed by atoms with Gasteiger partial charge < -0.3 is 15.2 Å². The fourth-order valence-corrected chi connectivity index (χ4v) is 1.42. The van der Waals surface area contributed by atoms with Crippen LogP contribution in [0.4, 0.5) is 0 Å². The first-order valence-electron chi connectivity index (χ1n) is 3.82. The smallest absolute Gasteiger partial charge is 0.0911 e. The second-order valence-electron chi connectivity index (χ2n) is 2.86. The number of aliphatic carboxylic acids is 1. The average Bonchev–Trinajstić information content (AvgIpc) is 1.88. The molecule has 0 spiro atoms. The Morgan fingerprint density at radius 1 is 1.60 bits per heavy atom. The number of hydrogen-bond acceptors (Lipinski definition) is 2. The highest BCUT2D eigenvalue weighted by Crippen LogP contribution is 2.03. The predicted molar refractivity (Wildman–Crippen MR) is 34.1 cm³/mol. The van der Waals surface area contributed by atoms with Gasteiger partial charge in [0.1, 0.15) is 0 Å². The van der Waals surface area contributed by atoms with E-state index < -0.39 is 5.97 Å². The lowest BCUT2D eigenvalue weighted by Crippen LogP contribution is -2.91. The molecule has 0 aromatic rings. The Bertz CT molecular complexity index is 119. The van der Waals surface area contributed by atoms with Crippen molar-refractivity contribution < 1.29 is 15.2 Å². The van der Waals surface area contributed by atoms with Crippen molar-refractivity contribution in [3.8, 4) is 0 Å². The molecule has 0 aromatic heterocycles. The Hall–Kier alpha value is -0.570. The molecule has 1 heterocycles. The number of carboxylic acids is 1. The molecule has 0 radical (unpaired) electrons. The number of quaternary nitrogens is 1. The third kappa shape index (κ3) is 2.35. The van der Waals surface area contributed by atoms with Crippen LogP contribution in [0, 0.1) is 0 Å². The van der Waals surface area contributed by atoms with Crippen molar-refractivity contribution in [3.05, 3.63) is 0 Å². The van der Waals surface area contributed by atoms with Crippen LogP contribution in [0.3, 0.4) is 0 Å². The molecule has 1 aliphatic rings. The van der Waals surface area contributed by atoms with Crippen LogP contribution in [0.5, 0.6) is 0 Å². The Balaban J connectivity index is 2.19. The highest BCUT2D eigenvalue weighted by Gasteiger charge is 2.15. The lowest BCUT2D eigenvalue weighted by Gasteiger charge is -2.19. The van der Waals surface area contributed by atoms with Crippen molar-refractivity contribution in [2.75, 3.05) is 6.54 Å². The highest BCUT2D eigenvalue weighted by molar-refractivity contribution is 5.64. The van der Waals surface area contributed by atoms with Crippen molar-refractivity contribution in [2.45, 2.75) is 31.7 Å². The van der Waals surface area contributed by atoms with Crippen LogP contribution < -0.4 is 10.4 Å². The molecule has 0 unspecified atom stereocenters. The Morgan fingerprint density at radius 3 is 2.90 bits per heavy atom. The average molecular weight is 143 g/mol. The molecular weight excluding hydrogens is 130 g/mol. The zero-order valence-corrected chi connectivity index (χ0v) is 6.01. The maximum Gasteiger partial charge on any atom is 0.0911 e. The van der Waals surface area contributed by atoms with Crippen molar-refractivity contribution in [2.24, 2.45) is 0 Å². The summed E-state index contributed by atoms with van der Waals surface area (Å²) in [5.41, 5.74) is 0. The van der Waals surface area contributed by atoms with Crippen molar-refractivity contribution in [1.29, 1.82) is 0 Å². The summed E-state index contributed by atoms with van der Waals surface area (Å²) in [7, 11) is 0. The molecule has 1 saturated heterocycles. The van der Waals surface area contributed by atoms with Crippen molar-refractivity contribution in [1.82, 2.24) is 0 Å². The van der Waals surface area contributed by atoms with Crippen molar-refractivity contribution >= 4 is 5.97 Å². The second-order valence-corrected chi connectivity index (χ2v) is 2.86. The molecule has 0 amide bonds. The minimum absolute atomic E-state index is 0.222. The van der Waals surface area contributed by atoms with Gasteiger partial charge in [-0.05, 0) is 19.3 Å². The zero-order valence-electron chi connectivity index (χ0n) is 6.01. The van der Waals surface area contributed by atoms with Crippen LogP contribution in [0.2, 0.25) is 0 Å². The first-order valence-corrected chi connectivity index (χ1v) is 3.82. The van der Waals surface area contributed by atoms with Crippen LogP contribution in [-0.2, 0) is 4.79 Å². The number of hydrogen-bond donors (Lipinski definition) is 1. The fraction of sp³-hybridized carbons (Fsp3) is 0.857. The number of carbonyl (C=O) groups excluding carboxylic acids is 1. The van der Waals surface area contributed by atoms with Crippen molar-refractivity contribution in [3.63, 3.8) is 0 Å². The molecule has 0 bridgehead atoms. The molecule has 1 fully saturated rings. The van der Waals surface area contributed by atoms with E-state index in [9.17, 15) is 9.90 Å². The summed E-state index contributed by atoms with van der Waals surface area (Å²) in [5, 5.41) is 12.2. The van der Waals surface area contributed by atoms with Crippen LogP contribution >= 0.6 is 0 Å². The van der Waals surface area contributed by atoms with Crippen LogP contribution in [0.15, 0.2) is 0 Å². The van der Waals surface area contributed by atoms with E-state index in [0.717, 1.165) is 13.0 Å². The first kappa shape index (κ1) is 7.54. The van der Waals surface area contributed by atoms with Gasteiger partial charge in [0.05, 0.1) is 12.6 Å². The number of nitrogens with two attached hydrogens (primary N) is 1. The SMILES string of the molecule is O=C([O-])C[C@@H]1CCCC[NH2+]1. The summed E-state index contributed by atoms with van der Waals surface area (Å²) in [6, 6.07) is 0.291. The molecule has 3 nitrogen and oxygen atoms in total. The molecule has 0 aliphatic carbocycles. The van der Waals surface area contributed by atoms with Gasteiger partial charge >= 0.3 is 0 Å².